The van der Waals surface area contributed by atoms with Gasteiger partial charge >= 0.3 is 0 Å². The number of rotatable bonds is 4. The standard InChI is InChI=1S/C10H18/c1-6-8-10(5,7-2)9(3)4/h7H,2-3,6,8H2,1,4-5H3. The molecular formula is C10H18. The highest BCUT2D eigenvalue weighted by Crippen LogP contribution is 2.31. The van der Waals surface area contributed by atoms with Gasteiger partial charge in [-0.05, 0) is 13.3 Å². The molecule has 0 fully saturated rings. The van der Waals surface area contributed by atoms with Gasteiger partial charge in [0.05, 0.1) is 0 Å². The molecule has 0 aromatic carbocycles. The van der Waals surface area contributed by atoms with E-state index < -0.39 is 0 Å². The van der Waals surface area contributed by atoms with Gasteiger partial charge in [0, 0.05) is 5.41 Å². The largest absolute Gasteiger partial charge is 0.102 e. The Morgan fingerprint density at radius 3 is 2.20 bits per heavy atom. The Morgan fingerprint density at radius 1 is 1.60 bits per heavy atom. The minimum absolute atomic E-state index is 0.161. The molecule has 10 heavy (non-hydrogen) atoms. The van der Waals surface area contributed by atoms with Gasteiger partial charge in [-0.25, -0.2) is 0 Å². The Hall–Kier alpha value is -0.520. The molecule has 0 saturated heterocycles. The summed E-state index contributed by atoms with van der Waals surface area (Å²) in [4.78, 5) is 0. The topological polar surface area (TPSA) is 0 Å². The fourth-order valence-corrected chi connectivity index (χ4v) is 1.01. The fourth-order valence-electron chi connectivity index (χ4n) is 1.01. The van der Waals surface area contributed by atoms with Crippen LogP contribution in [-0.2, 0) is 0 Å². The van der Waals surface area contributed by atoms with Crippen LogP contribution >= 0.6 is 0 Å². The summed E-state index contributed by atoms with van der Waals surface area (Å²) in [6.07, 6.45) is 4.35. The van der Waals surface area contributed by atoms with E-state index in [4.69, 9.17) is 0 Å². The molecule has 0 radical (unpaired) electrons. The zero-order chi connectivity index (χ0) is 8.20. The van der Waals surface area contributed by atoms with Gasteiger partial charge in [0.2, 0.25) is 0 Å². The van der Waals surface area contributed by atoms with Crippen molar-refractivity contribution in [3.63, 3.8) is 0 Å². The van der Waals surface area contributed by atoms with Crippen LogP contribution in [0.4, 0.5) is 0 Å². The maximum atomic E-state index is 3.95. The molecule has 0 spiro atoms. The predicted molar refractivity (Wildman–Crippen MR) is 48.0 cm³/mol. The van der Waals surface area contributed by atoms with Gasteiger partial charge < -0.3 is 0 Å². The summed E-state index contributed by atoms with van der Waals surface area (Å²) in [6.45, 7) is 14.2. The van der Waals surface area contributed by atoms with Crippen molar-refractivity contribution < 1.29 is 0 Å². The minimum Gasteiger partial charge on any atom is -0.102 e. The molecule has 0 heterocycles. The fraction of sp³-hybridized carbons (Fsp3) is 0.600. The third-order valence-electron chi connectivity index (χ3n) is 2.19. The molecular weight excluding hydrogens is 120 g/mol. The van der Waals surface area contributed by atoms with Crippen molar-refractivity contribution >= 4 is 0 Å². The van der Waals surface area contributed by atoms with E-state index in [1.54, 1.807) is 0 Å². The summed E-state index contributed by atoms with van der Waals surface area (Å²) in [6, 6.07) is 0. The van der Waals surface area contributed by atoms with Crippen molar-refractivity contribution in [1.29, 1.82) is 0 Å². The maximum Gasteiger partial charge on any atom is 0.00542 e. The average molecular weight is 138 g/mol. The molecule has 0 aliphatic rings. The number of hydrogen-bond acceptors (Lipinski definition) is 0. The SMILES string of the molecule is C=CC(C)(CCC)C(=C)C. The second kappa shape index (κ2) is 3.60. The van der Waals surface area contributed by atoms with Crippen LogP contribution in [0, 0.1) is 5.41 Å². The van der Waals surface area contributed by atoms with E-state index in [1.165, 1.54) is 12.0 Å². The van der Waals surface area contributed by atoms with Crippen LogP contribution in [0.25, 0.3) is 0 Å². The van der Waals surface area contributed by atoms with Crippen LogP contribution in [0.1, 0.15) is 33.6 Å². The number of allylic oxidation sites excluding steroid dienone is 2. The first-order chi connectivity index (χ1) is 4.56. The molecule has 0 aromatic rings. The normalized spacial score (nSPS) is 15.9. The summed E-state index contributed by atoms with van der Waals surface area (Å²) in [7, 11) is 0. The third kappa shape index (κ3) is 2.02. The summed E-state index contributed by atoms with van der Waals surface area (Å²) >= 11 is 0. The highest BCUT2D eigenvalue weighted by Gasteiger charge is 2.18. The molecule has 0 aliphatic heterocycles. The van der Waals surface area contributed by atoms with Gasteiger partial charge in [-0.2, -0.15) is 0 Å². The van der Waals surface area contributed by atoms with E-state index in [0.717, 1.165) is 6.42 Å². The molecule has 1 atom stereocenters. The van der Waals surface area contributed by atoms with Crippen LogP contribution < -0.4 is 0 Å². The molecule has 0 nitrogen and oxygen atoms in total. The Morgan fingerprint density at radius 2 is 2.10 bits per heavy atom. The van der Waals surface area contributed by atoms with Gasteiger partial charge in [0.25, 0.3) is 0 Å². The molecule has 0 rings (SSSR count). The summed E-state index contributed by atoms with van der Waals surface area (Å²) in [5, 5.41) is 0. The molecule has 0 N–H and O–H groups in total. The van der Waals surface area contributed by atoms with Crippen molar-refractivity contribution in [3.8, 4) is 0 Å². The van der Waals surface area contributed by atoms with Gasteiger partial charge in [-0.3, -0.25) is 0 Å². The van der Waals surface area contributed by atoms with E-state index in [0.29, 0.717) is 0 Å². The molecule has 0 heteroatoms. The van der Waals surface area contributed by atoms with Crippen LogP contribution in [0.5, 0.6) is 0 Å². The molecule has 0 aromatic heterocycles. The smallest absolute Gasteiger partial charge is 0.00542 e. The Kier molecular flexibility index (Phi) is 3.41. The van der Waals surface area contributed by atoms with Crippen molar-refractivity contribution in [3.05, 3.63) is 24.8 Å². The lowest BCUT2D eigenvalue weighted by atomic mass is 9.80. The van der Waals surface area contributed by atoms with E-state index in [-0.39, 0.29) is 5.41 Å². The molecule has 58 valence electrons. The first kappa shape index (κ1) is 9.48. The average Bonchev–Trinajstić information content (AvgIpc) is 1.88. The lowest BCUT2D eigenvalue weighted by molar-refractivity contribution is 0.464. The predicted octanol–water partition coefficient (Wildman–Crippen LogP) is 3.55. The lowest BCUT2D eigenvalue weighted by Gasteiger charge is -2.25. The second-order valence-corrected chi connectivity index (χ2v) is 3.15. The first-order valence-corrected chi connectivity index (χ1v) is 3.86. The Labute approximate surface area is 64.6 Å². The van der Waals surface area contributed by atoms with Gasteiger partial charge in [0.15, 0.2) is 0 Å². The zero-order valence-corrected chi connectivity index (χ0v) is 7.41. The van der Waals surface area contributed by atoms with Crippen molar-refractivity contribution in [2.45, 2.75) is 33.6 Å². The molecule has 0 amide bonds. The van der Waals surface area contributed by atoms with Crippen molar-refractivity contribution in [2.75, 3.05) is 0 Å². The zero-order valence-electron chi connectivity index (χ0n) is 7.41. The second-order valence-electron chi connectivity index (χ2n) is 3.15. The molecule has 0 bridgehead atoms. The van der Waals surface area contributed by atoms with Crippen LogP contribution in [-0.4, -0.2) is 0 Å². The van der Waals surface area contributed by atoms with Crippen LogP contribution in [0.2, 0.25) is 0 Å². The Balaban J connectivity index is 4.22. The van der Waals surface area contributed by atoms with E-state index in [9.17, 15) is 0 Å². The maximum absolute atomic E-state index is 3.95. The Bertz CT molecular complexity index is 133. The highest BCUT2D eigenvalue weighted by molar-refractivity contribution is 5.13. The van der Waals surface area contributed by atoms with E-state index >= 15 is 0 Å². The van der Waals surface area contributed by atoms with Gasteiger partial charge in [0.1, 0.15) is 0 Å². The van der Waals surface area contributed by atoms with Gasteiger partial charge in [-0.1, -0.05) is 38.5 Å². The molecule has 0 aliphatic carbocycles. The summed E-state index contributed by atoms with van der Waals surface area (Å²) < 4.78 is 0. The van der Waals surface area contributed by atoms with E-state index in [1.807, 2.05) is 6.08 Å². The highest BCUT2D eigenvalue weighted by atomic mass is 14.2. The molecule has 0 saturated carbocycles. The van der Waals surface area contributed by atoms with Crippen molar-refractivity contribution in [2.24, 2.45) is 5.41 Å². The third-order valence-corrected chi connectivity index (χ3v) is 2.19. The lowest BCUT2D eigenvalue weighted by Crippen LogP contribution is -2.12. The number of hydrogen-bond donors (Lipinski definition) is 0. The van der Waals surface area contributed by atoms with Crippen LogP contribution in [0.3, 0.4) is 0 Å². The van der Waals surface area contributed by atoms with Crippen LogP contribution in [0.15, 0.2) is 24.8 Å². The van der Waals surface area contributed by atoms with E-state index in [2.05, 4.69) is 33.9 Å². The minimum atomic E-state index is 0.161. The monoisotopic (exact) mass is 138 g/mol. The molecule has 1 unspecified atom stereocenters. The quantitative estimate of drug-likeness (QED) is 0.521. The summed E-state index contributed by atoms with van der Waals surface area (Å²) in [5.74, 6) is 0. The first-order valence-electron chi connectivity index (χ1n) is 3.86. The summed E-state index contributed by atoms with van der Waals surface area (Å²) in [5.41, 5.74) is 1.37. The van der Waals surface area contributed by atoms with Gasteiger partial charge in [-0.15, -0.1) is 6.58 Å². The van der Waals surface area contributed by atoms with Crippen molar-refractivity contribution in [1.82, 2.24) is 0 Å².